The molecule has 0 aromatic heterocycles. The maximum Gasteiger partial charge on any atom is 0.333 e. The Balaban J connectivity index is 2.95. The van der Waals surface area contributed by atoms with E-state index in [2.05, 4.69) is 29.4 Å². The summed E-state index contributed by atoms with van der Waals surface area (Å²) in [4.78, 5) is 40.7. The highest BCUT2D eigenvalue weighted by Gasteiger charge is 2.34. The normalized spacial score (nSPS) is 20.6. The molecule has 1 heterocycles. The van der Waals surface area contributed by atoms with Crippen molar-refractivity contribution in [2.75, 3.05) is 13.2 Å². The zero-order chi connectivity index (χ0) is 24.4. The van der Waals surface area contributed by atoms with Crippen molar-refractivity contribution < 1.29 is 19.1 Å². The molecule has 1 saturated heterocycles. The monoisotopic (exact) mass is 451 g/mol. The number of hydrogen-bond acceptors (Lipinski definition) is 5. The first-order chi connectivity index (χ1) is 15.0. The van der Waals surface area contributed by atoms with Gasteiger partial charge in [0.25, 0.3) is 0 Å². The van der Waals surface area contributed by atoms with Crippen LogP contribution in [0.4, 0.5) is 0 Å². The van der Waals surface area contributed by atoms with Crippen molar-refractivity contribution >= 4 is 17.8 Å². The fourth-order valence-corrected chi connectivity index (χ4v) is 4.02. The number of piperidine rings is 1. The summed E-state index contributed by atoms with van der Waals surface area (Å²) in [5.74, 6) is -0.679. The van der Waals surface area contributed by atoms with Crippen LogP contribution in [-0.4, -0.2) is 60.0 Å². The Morgan fingerprint density at radius 2 is 1.69 bits per heavy atom. The number of nitrogens with one attached hydrogen (secondary N) is 2. The van der Waals surface area contributed by atoms with Gasteiger partial charge in [-0.05, 0) is 58.4 Å². The summed E-state index contributed by atoms with van der Waals surface area (Å²) in [5, 5.41) is 6.06. The van der Waals surface area contributed by atoms with E-state index in [4.69, 9.17) is 4.74 Å². The van der Waals surface area contributed by atoms with Crippen LogP contribution in [0.2, 0.25) is 0 Å². The number of carbonyl (C=O) groups is 3. The van der Waals surface area contributed by atoms with Gasteiger partial charge in [0.1, 0.15) is 6.04 Å². The molecule has 7 nitrogen and oxygen atoms in total. The molecule has 0 spiro atoms. The van der Waals surface area contributed by atoms with Crippen LogP contribution in [0.5, 0.6) is 0 Å². The molecule has 1 aliphatic heterocycles. The Labute approximate surface area is 194 Å². The number of amides is 2. The average Bonchev–Trinajstić information content (AvgIpc) is 2.75. The predicted octanol–water partition coefficient (Wildman–Crippen LogP) is 3.43. The Hall–Kier alpha value is -1.89. The van der Waals surface area contributed by atoms with Crippen LogP contribution >= 0.6 is 0 Å². The highest BCUT2D eigenvalue weighted by molar-refractivity contribution is 5.91. The van der Waals surface area contributed by atoms with E-state index >= 15 is 0 Å². The minimum Gasteiger partial charge on any atom is -0.463 e. The van der Waals surface area contributed by atoms with Crippen molar-refractivity contribution in [3.05, 3.63) is 11.6 Å². The molecule has 2 unspecified atom stereocenters. The number of hydrogen-bond donors (Lipinski definition) is 2. The van der Waals surface area contributed by atoms with E-state index in [-0.39, 0.29) is 41.7 Å². The number of likely N-dealkylation sites (tertiary alicyclic amines) is 1. The molecule has 4 atom stereocenters. The molecule has 1 aliphatic rings. The summed E-state index contributed by atoms with van der Waals surface area (Å²) in [6.07, 6.45) is 5.67. The Kier molecular flexibility index (Phi) is 12.0. The molecule has 0 bridgehead atoms. The molecule has 2 N–H and O–H groups in total. The molecule has 0 aromatic rings. The highest BCUT2D eigenvalue weighted by atomic mass is 16.5. The molecule has 7 heteroatoms. The lowest BCUT2D eigenvalue weighted by Crippen LogP contribution is -2.58. The van der Waals surface area contributed by atoms with Gasteiger partial charge in [-0.3, -0.25) is 14.5 Å². The summed E-state index contributed by atoms with van der Waals surface area (Å²) < 4.78 is 5.05. The lowest BCUT2D eigenvalue weighted by Gasteiger charge is -2.39. The van der Waals surface area contributed by atoms with Crippen LogP contribution in [0.1, 0.15) is 81.1 Å². The van der Waals surface area contributed by atoms with E-state index in [1.807, 2.05) is 27.7 Å². The van der Waals surface area contributed by atoms with E-state index in [0.717, 1.165) is 32.2 Å². The average molecular weight is 452 g/mol. The molecule has 2 amide bonds. The van der Waals surface area contributed by atoms with Gasteiger partial charge in [0.15, 0.2) is 0 Å². The third kappa shape index (κ3) is 8.23. The number of rotatable bonds is 11. The highest BCUT2D eigenvalue weighted by Crippen LogP contribution is 2.21. The molecule has 0 aromatic carbocycles. The van der Waals surface area contributed by atoms with Crippen LogP contribution in [0.3, 0.4) is 0 Å². The van der Waals surface area contributed by atoms with Crippen LogP contribution in [0.15, 0.2) is 11.6 Å². The lowest BCUT2D eigenvalue weighted by molar-refractivity contribution is -0.138. The second-order valence-corrected chi connectivity index (χ2v) is 9.59. The predicted molar refractivity (Wildman–Crippen MR) is 128 cm³/mol. The quantitative estimate of drug-likeness (QED) is 0.371. The minimum absolute atomic E-state index is 0.0671. The fourth-order valence-electron chi connectivity index (χ4n) is 4.02. The third-order valence-electron chi connectivity index (χ3n) is 6.30. The van der Waals surface area contributed by atoms with Gasteiger partial charge in [-0.25, -0.2) is 4.79 Å². The van der Waals surface area contributed by atoms with Gasteiger partial charge < -0.3 is 15.4 Å². The SMILES string of the molecule is CCOC(=O)C(C)=C[C@@H](NC(=O)[C@@H](NC(=O)C1CCCCN1C(C)CC)C(C)C)C(C)C. The molecule has 32 heavy (non-hydrogen) atoms. The summed E-state index contributed by atoms with van der Waals surface area (Å²) in [6.45, 7) is 16.8. The van der Waals surface area contributed by atoms with Gasteiger partial charge in [0.2, 0.25) is 11.8 Å². The van der Waals surface area contributed by atoms with Crippen molar-refractivity contribution in [2.45, 2.75) is 105 Å². The van der Waals surface area contributed by atoms with Crippen molar-refractivity contribution in [3.8, 4) is 0 Å². The number of esters is 1. The molecule has 0 radical (unpaired) electrons. The number of nitrogens with zero attached hydrogens (tertiary/aromatic N) is 1. The molecule has 0 aliphatic carbocycles. The van der Waals surface area contributed by atoms with Crippen molar-refractivity contribution in [2.24, 2.45) is 11.8 Å². The van der Waals surface area contributed by atoms with E-state index in [9.17, 15) is 14.4 Å². The van der Waals surface area contributed by atoms with Crippen LogP contribution in [-0.2, 0) is 19.1 Å². The van der Waals surface area contributed by atoms with Gasteiger partial charge in [0.05, 0.1) is 18.7 Å². The van der Waals surface area contributed by atoms with E-state index in [0.29, 0.717) is 18.2 Å². The second-order valence-electron chi connectivity index (χ2n) is 9.59. The van der Waals surface area contributed by atoms with E-state index < -0.39 is 6.04 Å². The molecule has 1 fully saturated rings. The van der Waals surface area contributed by atoms with E-state index in [1.54, 1.807) is 19.9 Å². The Morgan fingerprint density at radius 1 is 1.03 bits per heavy atom. The molecule has 184 valence electrons. The van der Waals surface area contributed by atoms with Gasteiger partial charge in [-0.1, -0.05) is 47.1 Å². The topological polar surface area (TPSA) is 87.7 Å². The maximum absolute atomic E-state index is 13.2. The van der Waals surface area contributed by atoms with Crippen molar-refractivity contribution in [1.29, 1.82) is 0 Å². The van der Waals surface area contributed by atoms with Crippen molar-refractivity contribution in [3.63, 3.8) is 0 Å². The maximum atomic E-state index is 13.2. The molecule has 1 rings (SSSR count). The van der Waals surface area contributed by atoms with Crippen LogP contribution in [0, 0.1) is 11.8 Å². The van der Waals surface area contributed by atoms with Crippen molar-refractivity contribution in [1.82, 2.24) is 15.5 Å². The molecular formula is C25H45N3O4. The largest absolute Gasteiger partial charge is 0.463 e. The summed E-state index contributed by atoms with van der Waals surface area (Å²) in [6, 6.07) is -0.838. The van der Waals surface area contributed by atoms with E-state index in [1.165, 1.54) is 0 Å². The second kappa shape index (κ2) is 13.6. The number of carbonyl (C=O) groups excluding carboxylic acids is 3. The Bertz CT molecular complexity index is 660. The Morgan fingerprint density at radius 3 is 2.22 bits per heavy atom. The zero-order valence-electron chi connectivity index (χ0n) is 21.4. The molecular weight excluding hydrogens is 406 g/mol. The third-order valence-corrected chi connectivity index (χ3v) is 6.30. The minimum atomic E-state index is -0.638. The summed E-state index contributed by atoms with van der Waals surface area (Å²) in [7, 11) is 0. The van der Waals surface area contributed by atoms with Gasteiger partial charge in [0, 0.05) is 11.6 Å². The smallest absolute Gasteiger partial charge is 0.333 e. The fraction of sp³-hybridized carbons (Fsp3) is 0.800. The van der Waals surface area contributed by atoms with Gasteiger partial charge in [-0.2, -0.15) is 0 Å². The lowest BCUT2D eigenvalue weighted by atomic mass is 9.96. The first-order valence-corrected chi connectivity index (χ1v) is 12.2. The van der Waals surface area contributed by atoms with Crippen LogP contribution in [0.25, 0.3) is 0 Å². The first kappa shape index (κ1) is 28.1. The first-order valence-electron chi connectivity index (χ1n) is 12.2. The molecule has 0 saturated carbocycles. The number of ether oxygens (including phenoxy) is 1. The van der Waals surface area contributed by atoms with Gasteiger partial charge in [-0.15, -0.1) is 0 Å². The summed E-state index contributed by atoms with van der Waals surface area (Å²) >= 11 is 0. The van der Waals surface area contributed by atoms with Crippen LogP contribution < -0.4 is 10.6 Å². The summed E-state index contributed by atoms with van der Waals surface area (Å²) in [5.41, 5.74) is 0.461. The zero-order valence-corrected chi connectivity index (χ0v) is 21.4. The standard InChI is InChI=1S/C25H45N3O4/c1-9-19(8)28-14-12-11-13-21(28)23(29)27-22(17(5)6)24(30)26-20(16(3)4)15-18(7)25(31)32-10-2/h15-17,19-22H,9-14H2,1-8H3,(H,26,30)(H,27,29)/t19?,20-,21?,22+/m1/s1. The van der Waals surface area contributed by atoms with Gasteiger partial charge >= 0.3 is 5.97 Å².